The summed E-state index contributed by atoms with van der Waals surface area (Å²) < 4.78 is 14.6. The lowest BCUT2D eigenvalue weighted by Crippen LogP contribution is -2.31. The molecule has 0 aliphatic heterocycles. The summed E-state index contributed by atoms with van der Waals surface area (Å²) in [5.74, 6) is 0.161. The van der Waals surface area contributed by atoms with Gasteiger partial charge in [0.05, 0.1) is 12.6 Å². The molecule has 2 aromatic carbocycles. The lowest BCUT2D eigenvalue weighted by Gasteiger charge is -2.16. The van der Waals surface area contributed by atoms with Gasteiger partial charge < -0.3 is 5.32 Å². The van der Waals surface area contributed by atoms with E-state index in [0.717, 1.165) is 11.1 Å². The molecule has 1 atom stereocenters. The maximum atomic E-state index is 12.9. The maximum absolute atomic E-state index is 12.9. The van der Waals surface area contributed by atoms with Crippen LogP contribution in [-0.2, 0) is 6.54 Å². The number of hydrogen-bond acceptors (Lipinski definition) is 3. The van der Waals surface area contributed by atoms with E-state index < -0.39 is 0 Å². The van der Waals surface area contributed by atoms with E-state index in [2.05, 4.69) is 20.7 Å². The summed E-state index contributed by atoms with van der Waals surface area (Å²) in [4.78, 5) is 4.19. The molecule has 2 N–H and O–H groups in total. The van der Waals surface area contributed by atoms with Crippen molar-refractivity contribution in [2.24, 2.45) is 0 Å². The predicted octanol–water partition coefficient (Wildman–Crippen LogP) is 3.51. The van der Waals surface area contributed by atoms with E-state index in [1.165, 1.54) is 12.1 Å². The van der Waals surface area contributed by atoms with Gasteiger partial charge in [0.25, 0.3) is 0 Å². The minimum absolute atomic E-state index is 0.0718. The molecule has 0 aliphatic rings. The van der Waals surface area contributed by atoms with Gasteiger partial charge in [0.2, 0.25) is 5.95 Å². The summed E-state index contributed by atoms with van der Waals surface area (Å²) in [5, 5.41) is 11.0. The Morgan fingerprint density at radius 2 is 1.88 bits per heavy atom. The number of hydrogen-bond donors (Lipinski definition) is 2. The smallest absolute Gasteiger partial charge is 0.248 e. The van der Waals surface area contributed by atoms with Crippen molar-refractivity contribution in [3.05, 3.63) is 77.9 Å². The molecule has 0 bridgehead atoms. The molecule has 128 valence electrons. The molecular formula is C18H18FN5S. The third-order valence-corrected chi connectivity index (χ3v) is 3.89. The van der Waals surface area contributed by atoms with Gasteiger partial charge in [-0.2, -0.15) is 0 Å². The topological polar surface area (TPSA) is 54.8 Å². The van der Waals surface area contributed by atoms with Crippen LogP contribution in [0.2, 0.25) is 0 Å². The average molecular weight is 355 g/mol. The van der Waals surface area contributed by atoms with Crippen LogP contribution < -0.4 is 10.6 Å². The van der Waals surface area contributed by atoms with Crippen LogP contribution in [0.3, 0.4) is 0 Å². The fourth-order valence-corrected chi connectivity index (χ4v) is 2.63. The van der Waals surface area contributed by atoms with E-state index >= 15 is 0 Å². The Balaban J connectivity index is 1.55. The van der Waals surface area contributed by atoms with Gasteiger partial charge >= 0.3 is 0 Å². The fraction of sp³-hybridized carbons (Fsp3) is 0.167. The molecule has 0 aliphatic carbocycles. The van der Waals surface area contributed by atoms with Crippen molar-refractivity contribution < 1.29 is 4.39 Å². The standard InChI is InChI=1S/C18H18FN5S/c1-13(15-5-3-2-4-6-15)21-18(25)22-17-20-12-24(23-17)11-14-7-9-16(19)10-8-14/h2-10,12-13H,11H2,1H3,(H2,21,22,23,25). The van der Waals surface area contributed by atoms with Crippen molar-refractivity contribution >= 4 is 23.3 Å². The molecule has 1 aromatic heterocycles. The normalized spacial score (nSPS) is 11.8. The van der Waals surface area contributed by atoms with Gasteiger partial charge in [0.1, 0.15) is 12.1 Å². The quantitative estimate of drug-likeness (QED) is 0.686. The first-order valence-corrected chi connectivity index (χ1v) is 8.27. The predicted molar refractivity (Wildman–Crippen MR) is 99.7 cm³/mol. The van der Waals surface area contributed by atoms with Crippen molar-refractivity contribution in [3.8, 4) is 0 Å². The second-order valence-electron chi connectivity index (χ2n) is 5.62. The van der Waals surface area contributed by atoms with Crippen molar-refractivity contribution in [1.82, 2.24) is 20.1 Å². The minimum atomic E-state index is -0.256. The number of thiocarbonyl (C=S) groups is 1. The molecule has 0 radical (unpaired) electrons. The van der Waals surface area contributed by atoms with Gasteiger partial charge in [0, 0.05) is 0 Å². The Labute approximate surface area is 150 Å². The molecule has 0 amide bonds. The van der Waals surface area contributed by atoms with Crippen LogP contribution in [0.5, 0.6) is 0 Å². The zero-order valence-electron chi connectivity index (χ0n) is 13.7. The van der Waals surface area contributed by atoms with Crippen LogP contribution in [0.15, 0.2) is 60.9 Å². The average Bonchev–Trinajstić information content (AvgIpc) is 3.04. The van der Waals surface area contributed by atoms with Gasteiger partial charge in [0.15, 0.2) is 5.11 Å². The molecule has 0 spiro atoms. The van der Waals surface area contributed by atoms with Crippen molar-refractivity contribution in [2.45, 2.75) is 19.5 Å². The number of aromatic nitrogens is 3. The van der Waals surface area contributed by atoms with Crippen LogP contribution >= 0.6 is 12.2 Å². The summed E-state index contributed by atoms with van der Waals surface area (Å²) >= 11 is 5.31. The first-order chi connectivity index (χ1) is 12.1. The summed E-state index contributed by atoms with van der Waals surface area (Å²) in [5.41, 5.74) is 2.08. The summed E-state index contributed by atoms with van der Waals surface area (Å²) in [6.07, 6.45) is 1.61. The Morgan fingerprint density at radius 3 is 2.60 bits per heavy atom. The van der Waals surface area contributed by atoms with Crippen LogP contribution in [0.25, 0.3) is 0 Å². The van der Waals surface area contributed by atoms with E-state index in [1.54, 1.807) is 23.1 Å². The molecule has 0 saturated heterocycles. The first-order valence-electron chi connectivity index (χ1n) is 7.86. The van der Waals surface area contributed by atoms with Crippen molar-refractivity contribution in [2.75, 3.05) is 5.32 Å². The highest BCUT2D eigenvalue weighted by Gasteiger charge is 2.08. The summed E-state index contributed by atoms with van der Waals surface area (Å²) in [6, 6.07) is 16.4. The maximum Gasteiger partial charge on any atom is 0.248 e. The molecule has 25 heavy (non-hydrogen) atoms. The lowest BCUT2D eigenvalue weighted by atomic mass is 10.1. The number of benzene rings is 2. The highest BCUT2D eigenvalue weighted by atomic mass is 32.1. The molecule has 7 heteroatoms. The molecule has 3 aromatic rings. The zero-order valence-corrected chi connectivity index (χ0v) is 14.5. The van der Waals surface area contributed by atoms with Crippen LogP contribution in [0.4, 0.5) is 10.3 Å². The Hall–Kier alpha value is -2.80. The molecule has 1 unspecified atom stereocenters. The highest BCUT2D eigenvalue weighted by Crippen LogP contribution is 2.11. The number of halogens is 1. The lowest BCUT2D eigenvalue weighted by molar-refractivity contribution is 0.624. The zero-order chi connectivity index (χ0) is 17.6. The van der Waals surface area contributed by atoms with E-state index in [1.807, 2.05) is 37.3 Å². The Bertz CT molecular complexity index is 832. The van der Waals surface area contributed by atoms with Gasteiger partial charge in [-0.05, 0) is 42.4 Å². The number of nitrogens with one attached hydrogen (secondary N) is 2. The van der Waals surface area contributed by atoms with Gasteiger partial charge in [-0.25, -0.2) is 14.1 Å². The molecule has 5 nitrogen and oxygen atoms in total. The Kier molecular flexibility index (Phi) is 5.35. The molecule has 0 saturated carbocycles. The van der Waals surface area contributed by atoms with Gasteiger partial charge in [-0.15, -0.1) is 5.10 Å². The highest BCUT2D eigenvalue weighted by molar-refractivity contribution is 7.80. The van der Waals surface area contributed by atoms with E-state index in [0.29, 0.717) is 17.6 Å². The van der Waals surface area contributed by atoms with E-state index in [9.17, 15) is 4.39 Å². The molecular weight excluding hydrogens is 337 g/mol. The second kappa shape index (κ2) is 7.85. The number of anilines is 1. The van der Waals surface area contributed by atoms with E-state index in [4.69, 9.17) is 12.2 Å². The van der Waals surface area contributed by atoms with Gasteiger partial charge in [-0.1, -0.05) is 42.5 Å². The second-order valence-corrected chi connectivity index (χ2v) is 6.03. The van der Waals surface area contributed by atoms with Crippen molar-refractivity contribution in [1.29, 1.82) is 0 Å². The third-order valence-electron chi connectivity index (χ3n) is 3.67. The van der Waals surface area contributed by atoms with Gasteiger partial charge in [-0.3, -0.25) is 5.32 Å². The van der Waals surface area contributed by atoms with Crippen LogP contribution in [0, 0.1) is 5.82 Å². The SMILES string of the molecule is CC(NC(=S)Nc1ncn(Cc2ccc(F)cc2)n1)c1ccccc1. The molecule has 1 heterocycles. The molecule has 3 rings (SSSR count). The van der Waals surface area contributed by atoms with Crippen molar-refractivity contribution in [3.63, 3.8) is 0 Å². The van der Waals surface area contributed by atoms with Crippen LogP contribution in [0.1, 0.15) is 24.1 Å². The first kappa shape index (κ1) is 17.0. The monoisotopic (exact) mass is 355 g/mol. The summed E-state index contributed by atoms with van der Waals surface area (Å²) in [6.45, 7) is 2.54. The summed E-state index contributed by atoms with van der Waals surface area (Å²) in [7, 11) is 0. The third kappa shape index (κ3) is 4.84. The van der Waals surface area contributed by atoms with Crippen LogP contribution in [-0.4, -0.2) is 19.9 Å². The number of rotatable bonds is 5. The number of nitrogens with zero attached hydrogens (tertiary/aromatic N) is 3. The fourth-order valence-electron chi connectivity index (χ4n) is 2.36. The minimum Gasteiger partial charge on any atom is -0.356 e. The van der Waals surface area contributed by atoms with E-state index in [-0.39, 0.29) is 11.9 Å². The largest absolute Gasteiger partial charge is 0.356 e. The Morgan fingerprint density at radius 1 is 1.16 bits per heavy atom. The molecule has 0 fully saturated rings.